The van der Waals surface area contributed by atoms with Gasteiger partial charge in [-0.25, -0.2) is 0 Å². The Morgan fingerprint density at radius 2 is 2.11 bits per heavy atom. The molecule has 0 aromatic carbocycles. The van der Waals surface area contributed by atoms with E-state index in [1.165, 1.54) is 0 Å². The molecular weight excluding hydrogens is 244 g/mol. The summed E-state index contributed by atoms with van der Waals surface area (Å²) in [4.78, 5) is 27.9. The summed E-state index contributed by atoms with van der Waals surface area (Å²) >= 11 is 0. The minimum absolute atomic E-state index is 0.0763. The molecule has 3 atom stereocenters. The molecule has 2 aliphatic rings. The van der Waals surface area contributed by atoms with Crippen LogP contribution in [0.4, 0.5) is 0 Å². The van der Waals surface area contributed by atoms with Gasteiger partial charge in [0.1, 0.15) is 11.4 Å². The van der Waals surface area contributed by atoms with Crippen molar-refractivity contribution >= 4 is 17.7 Å². The summed E-state index contributed by atoms with van der Waals surface area (Å²) in [5.74, 6) is -1.07. The molecule has 2 rings (SSSR count). The van der Waals surface area contributed by atoms with Gasteiger partial charge in [-0.1, -0.05) is 26.0 Å². The second-order valence-corrected chi connectivity index (χ2v) is 5.75. The number of amidine groups is 1. The van der Waals surface area contributed by atoms with Crippen molar-refractivity contribution in [3.8, 4) is 0 Å². The van der Waals surface area contributed by atoms with E-state index in [9.17, 15) is 14.7 Å². The lowest BCUT2D eigenvalue weighted by Crippen LogP contribution is -2.43. The molecule has 1 heterocycles. The fourth-order valence-electron chi connectivity index (χ4n) is 2.53. The molecule has 0 radical (unpaired) electrons. The first kappa shape index (κ1) is 13.8. The number of aliphatic imine (C=N–C) groups is 1. The molecule has 0 aromatic heterocycles. The van der Waals surface area contributed by atoms with Crippen LogP contribution in [-0.4, -0.2) is 28.4 Å². The Balaban J connectivity index is 2.29. The van der Waals surface area contributed by atoms with Gasteiger partial charge in [-0.05, 0) is 25.7 Å². The molecule has 3 unspecified atom stereocenters. The number of hydrogen-bond acceptors (Lipinski definition) is 3. The maximum absolute atomic E-state index is 12.1. The number of carboxylic acids is 1. The van der Waals surface area contributed by atoms with E-state index in [1.54, 1.807) is 6.92 Å². The Bertz CT molecular complexity index is 467. The van der Waals surface area contributed by atoms with Crippen LogP contribution < -0.4 is 5.32 Å². The molecule has 104 valence electrons. The molecule has 1 aliphatic heterocycles. The molecule has 0 fully saturated rings. The molecule has 19 heavy (non-hydrogen) atoms. The van der Waals surface area contributed by atoms with Gasteiger partial charge >= 0.3 is 5.97 Å². The molecule has 2 N–H and O–H groups in total. The first-order chi connectivity index (χ1) is 8.86. The second kappa shape index (κ2) is 4.79. The van der Waals surface area contributed by atoms with Crippen LogP contribution in [0.15, 0.2) is 17.1 Å². The zero-order chi connectivity index (χ0) is 14.2. The van der Waals surface area contributed by atoms with E-state index in [2.05, 4.69) is 10.3 Å². The highest BCUT2D eigenvalue weighted by atomic mass is 16.4. The number of hydrogen-bond donors (Lipinski definition) is 2. The highest BCUT2D eigenvalue weighted by Crippen LogP contribution is 2.32. The quantitative estimate of drug-likeness (QED) is 0.760. The van der Waals surface area contributed by atoms with Crippen LogP contribution in [0.3, 0.4) is 0 Å². The van der Waals surface area contributed by atoms with Gasteiger partial charge in [0.25, 0.3) is 5.91 Å². The van der Waals surface area contributed by atoms with Crippen molar-refractivity contribution in [3.63, 3.8) is 0 Å². The fraction of sp³-hybridized carbons (Fsp3) is 0.643. The predicted octanol–water partition coefficient (Wildman–Crippen LogP) is 1.60. The smallest absolute Gasteiger partial charge is 0.307 e. The molecular formula is C14H20N2O3. The minimum atomic E-state index is -0.829. The van der Waals surface area contributed by atoms with E-state index in [0.717, 1.165) is 0 Å². The van der Waals surface area contributed by atoms with Crippen molar-refractivity contribution < 1.29 is 14.7 Å². The van der Waals surface area contributed by atoms with Crippen molar-refractivity contribution in [2.24, 2.45) is 22.7 Å². The normalized spacial score (nSPS) is 34.3. The summed E-state index contributed by atoms with van der Waals surface area (Å²) in [6.45, 7) is 5.69. The van der Waals surface area contributed by atoms with E-state index in [-0.39, 0.29) is 17.7 Å². The van der Waals surface area contributed by atoms with Gasteiger partial charge in [0.05, 0.1) is 5.92 Å². The number of carbonyl (C=O) groups is 2. The third kappa shape index (κ3) is 2.29. The minimum Gasteiger partial charge on any atom is -0.481 e. The summed E-state index contributed by atoms with van der Waals surface area (Å²) in [6.07, 6.45) is 4.95. The molecule has 0 saturated heterocycles. The Morgan fingerprint density at radius 3 is 2.63 bits per heavy atom. The Labute approximate surface area is 112 Å². The van der Waals surface area contributed by atoms with Gasteiger partial charge in [0, 0.05) is 5.92 Å². The van der Waals surface area contributed by atoms with Gasteiger partial charge in [-0.2, -0.15) is 0 Å². The lowest BCUT2D eigenvalue weighted by Gasteiger charge is -2.25. The van der Waals surface area contributed by atoms with Gasteiger partial charge < -0.3 is 10.4 Å². The highest BCUT2D eigenvalue weighted by molar-refractivity contribution is 6.09. The third-order valence-corrected chi connectivity index (χ3v) is 4.28. The van der Waals surface area contributed by atoms with Crippen LogP contribution in [0, 0.1) is 17.8 Å². The first-order valence-corrected chi connectivity index (χ1v) is 6.65. The zero-order valence-corrected chi connectivity index (χ0v) is 11.5. The van der Waals surface area contributed by atoms with Crippen LogP contribution in [0.1, 0.15) is 33.6 Å². The SMILES string of the molecule is CC(C)C1(C)N=C(C2CC=CCC2C(=O)O)NC1=O. The molecule has 5 nitrogen and oxygen atoms in total. The molecule has 0 saturated carbocycles. The van der Waals surface area contributed by atoms with Crippen molar-refractivity contribution in [1.29, 1.82) is 0 Å². The van der Waals surface area contributed by atoms with Gasteiger partial charge in [-0.3, -0.25) is 14.6 Å². The molecule has 0 aromatic rings. The summed E-state index contributed by atoms with van der Waals surface area (Å²) in [6, 6.07) is 0. The number of carboxylic acid groups (broad SMARTS) is 1. The Kier molecular flexibility index (Phi) is 3.47. The van der Waals surface area contributed by atoms with E-state index in [4.69, 9.17) is 0 Å². The van der Waals surface area contributed by atoms with Crippen LogP contribution in [-0.2, 0) is 9.59 Å². The average molecular weight is 264 g/mol. The third-order valence-electron chi connectivity index (χ3n) is 4.28. The molecule has 5 heteroatoms. The largest absolute Gasteiger partial charge is 0.481 e. The van der Waals surface area contributed by atoms with E-state index >= 15 is 0 Å². The van der Waals surface area contributed by atoms with E-state index in [1.807, 2.05) is 26.0 Å². The van der Waals surface area contributed by atoms with Crippen LogP contribution in [0.5, 0.6) is 0 Å². The van der Waals surface area contributed by atoms with Crippen LogP contribution >= 0.6 is 0 Å². The second-order valence-electron chi connectivity index (χ2n) is 5.75. The lowest BCUT2D eigenvalue weighted by molar-refractivity contribution is -0.142. The number of allylic oxidation sites excluding steroid dienone is 2. The number of aliphatic carboxylic acids is 1. The summed E-state index contributed by atoms with van der Waals surface area (Å²) in [7, 11) is 0. The summed E-state index contributed by atoms with van der Waals surface area (Å²) in [5, 5.41) is 12.1. The number of nitrogens with zero attached hydrogens (tertiary/aromatic N) is 1. The maximum atomic E-state index is 12.1. The van der Waals surface area contributed by atoms with Crippen LogP contribution in [0.25, 0.3) is 0 Å². The van der Waals surface area contributed by atoms with E-state index in [0.29, 0.717) is 18.7 Å². The van der Waals surface area contributed by atoms with Crippen molar-refractivity contribution in [1.82, 2.24) is 5.32 Å². The molecule has 0 spiro atoms. The van der Waals surface area contributed by atoms with Crippen LogP contribution in [0.2, 0.25) is 0 Å². The van der Waals surface area contributed by atoms with E-state index < -0.39 is 17.4 Å². The fourth-order valence-corrected chi connectivity index (χ4v) is 2.53. The predicted molar refractivity (Wildman–Crippen MR) is 71.8 cm³/mol. The molecule has 1 amide bonds. The lowest BCUT2D eigenvalue weighted by atomic mass is 9.82. The van der Waals surface area contributed by atoms with Crippen molar-refractivity contribution in [3.05, 3.63) is 12.2 Å². The summed E-state index contributed by atoms with van der Waals surface area (Å²) in [5.41, 5.74) is -0.778. The van der Waals surface area contributed by atoms with Gasteiger partial charge in [0.15, 0.2) is 0 Å². The standard InChI is InChI=1S/C14H20N2O3/c1-8(2)14(3)13(19)15-11(16-14)9-6-4-5-7-10(9)12(17)18/h4-5,8-10H,6-7H2,1-3H3,(H,17,18)(H,15,16,19). The Morgan fingerprint density at radius 1 is 1.47 bits per heavy atom. The summed E-state index contributed by atoms with van der Waals surface area (Å²) < 4.78 is 0. The maximum Gasteiger partial charge on any atom is 0.307 e. The average Bonchev–Trinajstić information content (AvgIpc) is 2.67. The van der Waals surface area contributed by atoms with Crippen molar-refractivity contribution in [2.75, 3.05) is 0 Å². The Hall–Kier alpha value is -1.65. The number of nitrogens with one attached hydrogen (secondary N) is 1. The van der Waals surface area contributed by atoms with Gasteiger partial charge in [0.2, 0.25) is 0 Å². The number of rotatable bonds is 3. The first-order valence-electron chi connectivity index (χ1n) is 6.65. The molecule has 0 bridgehead atoms. The number of amides is 1. The highest BCUT2D eigenvalue weighted by Gasteiger charge is 2.45. The monoisotopic (exact) mass is 264 g/mol. The topological polar surface area (TPSA) is 78.8 Å². The van der Waals surface area contributed by atoms with Crippen molar-refractivity contribution in [2.45, 2.75) is 39.2 Å². The molecule has 1 aliphatic carbocycles. The zero-order valence-electron chi connectivity index (χ0n) is 11.5. The number of carbonyl (C=O) groups excluding carboxylic acids is 1. The van der Waals surface area contributed by atoms with Gasteiger partial charge in [-0.15, -0.1) is 0 Å².